The summed E-state index contributed by atoms with van der Waals surface area (Å²) in [5.74, 6) is 0.268. The molecule has 0 fully saturated rings. The number of nitrogens with one attached hydrogen (secondary N) is 1. The van der Waals surface area contributed by atoms with Crippen LogP contribution in [0, 0.1) is 0 Å². The summed E-state index contributed by atoms with van der Waals surface area (Å²) in [4.78, 5) is 23.7. The maximum absolute atomic E-state index is 11.9. The van der Waals surface area contributed by atoms with Gasteiger partial charge in [-0.25, -0.2) is 0 Å². The number of carbonyl (C=O) groups excluding carboxylic acids is 2. The van der Waals surface area contributed by atoms with E-state index in [9.17, 15) is 9.59 Å². The second-order valence-corrected chi connectivity index (χ2v) is 4.73. The van der Waals surface area contributed by atoms with Gasteiger partial charge in [-0.3, -0.25) is 9.59 Å². The first-order valence-electron chi connectivity index (χ1n) is 7.46. The van der Waals surface area contributed by atoms with Gasteiger partial charge in [0, 0.05) is 12.1 Å². The fourth-order valence-electron chi connectivity index (χ4n) is 1.95. The van der Waals surface area contributed by atoms with Gasteiger partial charge in [-0.15, -0.1) is 0 Å². The molecule has 0 unspecified atom stereocenters. The van der Waals surface area contributed by atoms with E-state index < -0.39 is 5.97 Å². The highest BCUT2D eigenvalue weighted by Gasteiger charge is 2.11. The van der Waals surface area contributed by atoms with E-state index in [1.807, 2.05) is 19.1 Å². The topological polar surface area (TPSA) is 64.6 Å². The number of ether oxygens (including phenoxy) is 2. The molecule has 0 saturated heterocycles. The molecule has 0 heterocycles. The van der Waals surface area contributed by atoms with Crippen molar-refractivity contribution in [3.8, 4) is 11.5 Å². The van der Waals surface area contributed by atoms with Crippen LogP contribution in [0.3, 0.4) is 0 Å². The number of rotatable bonds is 7. The molecular formula is C18H19NO4. The lowest BCUT2D eigenvalue weighted by Gasteiger charge is -2.10. The van der Waals surface area contributed by atoms with Crippen molar-refractivity contribution in [1.29, 1.82) is 0 Å². The lowest BCUT2D eigenvalue weighted by molar-refractivity contribution is -0.134. The third-order valence-corrected chi connectivity index (χ3v) is 3.02. The predicted molar refractivity (Wildman–Crippen MR) is 86.6 cm³/mol. The lowest BCUT2D eigenvalue weighted by atomic mass is 10.2. The third-order valence-electron chi connectivity index (χ3n) is 3.02. The highest BCUT2D eigenvalue weighted by molar-refractivity contribution is 5.94. The zero-order valence-corrected chi connectivity index (χ0v) is 13.0. The molecule has 0 aliphatic heterocycles. The molecule has 1 amide bonds. The molecule has 2 aromatic carbocycles. The first-order chi connectivity index (χ1) is 11.2. The minimum absolute atomic E-state index is 0.0824. The highest BCUT2D eigenvalue weighted by atomic mass is 16.6. The van der Waals surface area contributed by atoms with Crippen LogP contribution in [0.5, 0.6) is 11.5 Å². The maximum atomic E-state index is 11.9. The molecule has 120 valence electrons. The number of hydrogen-bond acceptors (Lipinski definition) is 4. The van der Waals surface area contributed by atoms with Gasteiger partial charge in [-0.2, -0.15) is 0 Å². The average molecular weight is 313 g/mol. The minimum atomic E-state index is -0.425. The zero-order chi connectivity index (χ0) is 16.5. The van der Waals surface area contributed by atoms with E-state index in [0.29, 0.717) is 23.7 Å². The van der Waals surface area contributed by atoms with Crippen LogP contribution >= 0.6 is 0 Å². The van der Waals surface area contributed by atoms with E-state index in [2.05, 4.69) is 5.32 Å². The van der Waals surface area contributed by atoms with Crippen LogP contribution in [0.2, 0.25) is 0 Å². The Morgan fingerprint density at radius 1 is 0.957 bits per heavy atom. The van der Waals surface area contributed by atoms with Crippen molar-refractivity contribution < 1.29 is 19.1 Å². The molecule has 2 rings (SSSR count). The van der Waals surface area contributed by atoms with Crippen molar-refractivity contribution in [2.24, 2.45) is 0 Å². The van der Waals surface area contributed by atoms with Crippen molar-refractivity contribution in [2.45, 2.75) is 13.3 Å². The van der Waals surface area contributed by atoms with Crippen LogP contribution in [-0.4, -0.2) is 25.0 Å². The fourth-order valence-corrected chi connectivity index (χ4v) is 1.95. The van der Waals surface area contributed by atoms with Gasteiger partial charge in [-0.05, 0) is 31.2 Å². The summed E-state index contributed by atoms with van der Waals surface area (Å²) in [7, 11) is 0. The van der Waals surface area contributed by atoms with Crippen LogP contribution in [0.1, 0.15) is 23.7 Å². The zero-order valence-electron chi connectivity index (χ0n) is 13.0. The molecular weight excluding hydrogens is 294 g/mol. The summed E-state index contributed by atoms with van der Waals surface area (Å²) in [6.07, 6.45) is 0.0824. The van der Waals surface area contributed by atoms with Gasteiger partial charge >= 0.3 is 5.97 Å². The van der Waals surface area contributed by atoms with Crippen molar-refractivity contribution >= 4 is 11.9 Å². The fraction of sp³-hybridized carbons (Fsp3) is 0.222. The van der Waals surface area contributed by atoms with Crippen LogP contribution in [0.15, 0.2) is 54.6 Å². The van der Waals surface area contributed by atoms with Gasteiger partial charge in [0.05, 0.1) is 13.0 Å². The molecule has 5 nitrogen and oxygen atoms in total. The third kappa shape index (κ3) is 5.14. The van der Waals surface area contributed by atoms with E-state index in [0.717, 1.165) is 0 Å². The normalized spacial score (nSPS) is 9.96. The monoisotopic (exact) mass is 313 g/mol. The number of carbonyl (C=O) groups is 2. The number of para-hydroxylation sites is 2. The van der Waals surface area contributed by atoms with E-state index in [-0.39, 0.29) is 18.9 Å². The first kappa shape index (κ1) is 16.5. The average Bonchev–Trinajstić information content (AvgIpc) is 2.57. The molecule has 0 saturated carbocycles. The summed E-state index contributed by atoms with van der Waals surface area (Å²) in [6.45, 7) is 2.56. The smallest absolute Gasteiger partial charge is 0.313 e. The first-order valence-corrected chi connectivity index (χ1v) is 7.46. The maximum Gasteiger partial charge on any atom is 0.313 e. The van der Waals surface area contributed by atoms with Gasteiger partial charge in [0.15, 0.2) is 11.5 Å². The van der Waals surface area contributed by atoms with E-state index in [1.165, 1.54) is 0 Å². The summed E-state index contributed by atoms with van der Waals surface area (Å²) < 4.78 is 10.7. The Bertz CT molecular complexity index is 655. The summed E-state index contributed by atoms with van der Waals surface area (Å²) in [5, 5.41) is 2.68. The van der Waals surface area contributed by atoms with Crippen LogP contribution in [-0.2, 0) is 4.79 Å². The Balaban J connectivity index is 1.81. The number of benzene rings is 2. The van der Waals surface area contributed by atoms with Gasteiger partial charge < -0.3 is 14.8 Å². The largest absolute Gasteiger partial charge is 0.490 e. The van der Waals surface area contributed by atoms with Gasteiger partial charge in [0.1, 0.15) is 0 Å². The van der Waals surface area contributed by atoms with E-state index >= 15 is 0 Å². The molecule has 0 aliphatic rings. The Kier molecular flexibility index (Phi) is 6.17. The Morgan fingerprint density at radius 2 is 1.61 bits per heavy atom. The molecule has 0 spiro atoms. The molecule has 0 atom stereocenters. The SMILES string of the molecule is CCOc1ccccc1OC(=O)CCNC(=O)c1ccccc1. The molecule has 0 bridgehead atoms. The molecule has 23 heavy (non-hydrogen) atoms. The number of hydrogen-bond donors (Lipinski definition) is 1. The Morgan fingerprint density at radius 3 is 2.30 bits per heavy atom. The lowest BCUT2D eigenvalue weighted by Crippen LogP contribution is -2.27. The molecule has 1 N–H and O–H groups in total. The van der Waals surface area contributed by atoms with Crippen LogP contribution in [0.4, 0.5) is 0 Å². The predicted octanol–water partition coefficient (Wildman–Crippen LogP) is 2.81. The molecule has 0 aromatic heterocycles. The quantitative estimate of drug-likeness (QED) is 0.630. The summed E-state index contributed by atoms with van der Waals surface area (Å²) >= 11 is 0. The molecule has 0 radical (unpaired) electrons. The second-order valence-electron chi connectivity index (χ2n) is 4.73. The van der Waals surface area contributed by atoms with Crippen molar-refractivity contribution in [3.05, 3.63) is 60.2 Å². The summed E-state index contributed by atoms with van der Waals surface area (Å²) in [6, 6.07) is 15.8. The highest BCUT2D eigenvalue weighted by Crippen LogP contribution is 2.26. The second kappa shape index (κ2) is 8.58. The van der Waals surface area contributed by atoms with Gasteiger partial charge in [0.2, 0.25) is 0 Å². The van der Waals surface area contributed by atoms with E-state index in [1.54, 1.807) is 42.5 Å². The number of esters is 1. The summed E-state index contributed by atoms with van der Waals surface area (Å²) in [5.41, 5.74) is 0.558. The van der Waals surface area contributed by atoms with Crippen molar-refractivity contribution in [2.75, 3.05) is 13.2 Å². The van der Waals surface area contributed by atoms with Crippen LogP contribution in [0.25, 0.3) is 0 Å². The standard InChI is InChI=1S/C18H19NO4/c1-2-22-15-10-6-7-11-16(15)23-17(20)12-13-19-18(21)14-8-4-3-5-9-14/h3-11H,2,12-13H2,1H3,(H,19,21). The minimum Gasteiger partial charge on any atom is -0.490 e. The molecule has 5 heteroatoms. The molecule has 0 aliphatic carbocycles. The number of amides is 1. The van der Waals surface area contributed by atoms with Crippen molar-refractivity contribution in [1.82, 2.24) is 5.32 Å². The van der Waals surface area contributed by atoms with Gasteiger partial charge in [-0.1, -0.05) is 30.3 Å². The van der Waals surface area contributed by atoms with E-state index in [4.69, 9.17) is 9.47 Å². The van der Waals surface area contributed by atoms with Crippen LogP contribution < -0.4 is 14.8 Å². The van der Waals surface area contributed by atoms with Gasteiger partial charge in [0.25, 0.3) is 5.91 Å². The Labute approximate surface area is 135 Å². The Hall–Kier alpha value is -2.82. The van der Waals surface area contributed by atoms with Crippen molar-refractivity contribution in [3.63, 3.8) is 0 Å². The molecule has 2 aromatic rings.